The monoisotopic (exact) mass is 651 g/mol. The number of nitrogens with one attached hydrogen (secondary N) is 3. The van der Waals surface area contributed by atoms with E-state index in [0.717, 1.165) is 5.39 Å². The second-order valence-electron chi connectivity index (χ2n) is 10.9. The number of sulfone groups is 1. The van der Waals surface area contributed by atoms with Crippen LogP contribution in [0, 0.1) is 11.7 Å². The highest BCUT2D eigenvalue weighted by atomic mass is 32.2. The van der Waals surface area contributed by atoms with Crippen LogP contribution in [0.1, 0.15) is 44.9 Å². The molecule has 4 aromatic rings. The normalized spacial score (nSPS) is 12.0. The standard InChI is InChI=1S/C33H38FN5O6S/c1-5-44-25-9-11-28(34)27(17-25)30(38-23-7-10-26-21(15-23)13-14-36-31(26)35)32(40)37-18-22-16-24(39-33(41)45-19-20(3)4)8-12-29(22)46(42,43)6-2/h7-17,20,30,38H,5-6,18-19H2,1-4H3,(H2,35,36)(H,37,40)(H,39,41). The van der Waals surface area contributed by atoms with E-state index in [1.54, 1.807) is 37.4 Å². The van der Waals surface area contributed by atoms with Gasteiger partial charge in [-0.2, -0.15) is 0 Å². The van der Waals surface area contributed by atoms with Crippen molar-refractivity contribution >= 4 is 49.8 Å². The molecule has 0 radical (unpaired) electrons. The Morgan fingerprint density at radius 3 is 2.48 bits per heavy atom. The summed E-state index contributed by atoms with van der Waals surface area (Å²) in [5.74, 6) is -0.633. The fraction of sp³-hybridized carbons (Fsp3) is 0.303. The highest BCUT2D eigenvalue weighted by Gasteiger charge is 2.26. The Bertz CT molecular complexity index is 1830. The fourth-order valence-corrected chi connectivity index (χ4v) is 5.79. The van der Waals surface area contributed by atoms with Crippen molar-refractivity contribution in [3.05, 3.63) is 83.8 Å². The molecule has 1 aromatic heterocycles. The molecule has 0 saturated carbocycles. The van der Waals surface area contributed by atoms with Crippen LogP contribution in [0.4, 0.5) is 26.4 Å². The van der Waals surface area contributed by atoms with Crippen LogP contribution in [0.15, 0.2) is 71.8 Å². The third-order valence-electron chi connectivity index (χ3n) is 6.98. The van der Waals surface area contributed by atoms with E-state index in [4.69, 9.17) is 15.2 Å². The first-order valence-corrected chi connectivity index (χ1v) is 16.5. The van der Waals surface area contributed by atoms with Gasteiger partial charge in [-0.3, -0.25) is 10.1 Å². The molecule has 0 aliphatic heterocycles. The highest BCUT2D eigenvalue weighted by Crippen LogP contribution is 2.30. The number of benzene rings is 3. The number of aromatic nitrogens is 1. The average molecular weight is 652 g/mol. The number of hydrogen-bond donors (Lipinski definition) is 4. The van der Waals surface area contributed by atoms with Gasteiger partial charge in [0.25, 0.3) is 0 Å². The number of amides is 2. The average Bonchev–Trinajstić information content (AvgIpc) is 3.02. The minimum Gasteiger partial charge on any atom is -0.494 e. The molecule has 0 bridgehead atoms. The lowest BCUT2D eigenvalue weighted by Gasteiger charge is -2.22. The van der Waals surface area contributed by atoms with Crippen LogP contribution in [-0.4, -0.2) is 44.4 Å². The molecule has 11 nitrogen and oxygen atoms in total. The SMILES string of the molecule is CCOc1ccc(F)c(C(Nc2ccc3c(N)nccc3c2)C(=O)NCc2cc(NC(=O)OCC(C)C)ccc2S(=O)(=O)CC)c1. The summed E-state index contributed by atoms with van der Waals surface area (Å²) in [5, 5.41) is 9.92. The van der Waals surface area contributed by atoms with Gasteiger partial charge in [-0.05, 0) is 84.5 Å². The van der Waals surface area contributed by atoms with Crippen molar-refractivity contribution in [1.29, 1.82) is 0 Å². The van der Waals surface area contributed by atoms with Crippen LogP contribution < -0.4 is 26.4 Å². The first-order chi connectivity index (χ1) is 21.9. The van der Waals surface area contributed by atoms with Gasteiger partial charge in [0.15, 0.2) is 9.84 Å². The number of carbonyl (C=O) groups is 2. The highest BCUT2D eigenvalue weighted by molar-refractivity contribution is 7.91. The number of anilines is 3. The van der Waals surface area contributed by atoms with E-state index in [-0.39, 0.29) is 46.5 Å². The summed E-state index contributed by atoms with van der Waals surface area (Å²) in [4.78, 5) is 30.2. The number of pyridine rings is 1. The van der Waals surface area contributed by atoms with Crippen LogP contribution >= 0.6 is 0 Å². The van der Waals surface area contributed by atoms with E-state index in [9.17, 15) is 18.0 Å². The largest absolute Gasteiger partial charge is 0.494 e. The van der Waals surface area contributed by atoms with E-state index in [1.165, 1.54) is 43.3 Å². The molecule has 0 aliphatic rings. The Hall–Kier alpha value is -4.91. The Balaban J connectivity index is 1.67. The minimum atomic E-state index is -3.71. The quantitative estimate of drug-likeness (QED) is 0.140. The molecule has 3 aromatic carbocycles. The zero-order valence-electron chi connectivity index (χ0n) is 26.1. The van der Waals surface area contributed by atoms with Crippen molar-refractivity contribution in [1.82, 2.24) is 10.3 Å². The van der Waals surface area contributed by atoms with Crippen LogP contribution in [0.2, 0.25) is 0 Å². The summed E-state index contributed by atoms with van der Waals surface area (Å²) in [5.41, 5.74) is 7.02. The zero-order valence-corrected chi connectivity index (χ0v) is 26.9. The van der Waals surface area contributed by atoms with Crippen molar-refractivity contribution in [2.24, 2.45) is 5.92 Å². The molecule has 0 spiro atoms. The lowest BCUT2D eigenvalue weighted by molar-refractivity contribution is -0.122. The molecule has 13 heteroatoms. The van der Waals surface area contributed by atoms with Gasteiger partial charge in [0.2, 0.25) is 5.91 Å². The number of ether oxygens (including phenoxy) is 2. The molecule has 0 fully saturated rings. The van der Waals surface area contributed by atoms with Gasteiger partial charge in [-0.1, -0.05) is 20.8 Å². The molecule has 0 aliphatic carbocycles. The number of rotatable bonds is 13. The van der Waals surface area contributed by atoms with E-state index in [1.807, 2.05) is 13.8 Å². The zero-order chi connectivity index (χ0) is 33.4. The van der Waals surface area contributed by atoms with Crippen molar-refractivity contribution in [3.63, 3.8) is 0 Å². The molecule has 0 saturated heterocycles. The second kappa shape index (κ2) is 14.9. The molecular formula is C33H38FN5O6S. The second-order valence-corrected chi connectivity index (χ2v) is 13.1. The number of halogens is 1. The van der Waals surface area contributed by atoms with Crippen molar-refractivity contribution in [2.75, 3.05) is 35.3 Å². The van der Waals surface area contributed by atoms with Gasteiger partial charge in [0.1, 0.15) is 23.4 Å². The maximum absolute atomic E-state index is 15.3. The number of nitrogen functional groups attached to an aromatic ring is 1. The number of nitrogens with zero attached hydrogens (tertiary/aromatic N) is 1. The van der Waals surface area contributed by atoms with Gasteiger partial charge in [0, 0.05) is 35.1 Å². The number of hydrogen-bond acceptors (Lipinski definition) is 9. The predicted octanol–water partition coefficient (Wildman–Crippen LogP) is 5.82. The molecule has 1 heterocycles. The van der Waals surface area contributed by atoms with Gasteiger partial charge in [-0.15, -0.1) is 0 Å². The van der Waals surface area contributed by atoms with Gasteiger partial charge in [0.05, 0.1) is 23.9 Å². The molecule has 46 heavy (non-hydrogen) atoms. The van der Waals surface area contributed by atoms with Gasteiger partial charge >= 0.3 is 6.09 Å². The van der Waals surface area contributed by atoms with Crippen LogP contribution in [0.25, 0.3) is 10.8 Å². The molecule has 1 unspecified atom stereocenters. The first kappa shape index (κ1) is 34.0. The lowest BCUT2D eigenvalue weighted by Crippen LogP contribution is -2.34. The van der Waals surface area contributed by atoms with E-state index >= 15 is 4.39 Å². The summed E-state index contributed by atoms with van der Waals surface area (Å²) >= 11 is 0. The third kappa shape index (κ3) is 8.42. The van der Waals surface area contributed by atoms with Crippen molar-refractivity contribution in [2.45, 2.75) is 45.2 Å². The predicted molar refractivity (Wildman–Crippen MR) is 176 cm³/mol. The van der Waals surface area contributed by atoms with Gasteiger partial charge < -0.3 is 25.8 Å². The molecule has 244 valence electrons. The van der Waals surface area contributed by atoms with E-state index in [2.05, 4.69) is 20.9 Å². The van der Waals surface area contributed by atoms with Gasteiger partial charge in [-0.25, -0.2) is 22.6 Å². The fourth-order valence-electron chi connectivity index (χ4n) is 4.68. The maximum Gasteiger partial charge on any atom is 0.411 e. The summed E-state index contributed by atoms with van der Waals surface area (Å²) < 4.78 is 51.9. The molecule has 1 atom stereocenters. The number of carbonyl (C=O) groups excluding carboxylic acids is 2. The summed E-state index contributed by atoms with van der Waals surface area (Å²) in [6.45, 7) is 7.38. The maximum atomic E-state index is 15.3. The lowest BCUT2D eigenvalue weighted by atomic mass is 10.0. The van der Waals surface area contributed by atoms with E-state index < -0.39 is 33.7 Å². The topological polar surface area (TPSA) is 162 Å². The summed E-state index contributed by atoms with van der Waals surface area (Å²) in [6, 6.07) is 14.1. The van der Waals surface area contributed by atoms with Crippen molar-refractivity contribution < 1.29 is 31.9 Å². The summed E-state index contributed by atoms with van der Waals surface area (Å²) in [7, 11) is -3.71. The first-order valence-electron chi connectivity index (χ1n) is 14.8. The van der Waals surface area contributed by atoms with Crippen molar-refractivity contribution in [3.8, 4) is 5.75 Å². The molecular weight excluding hydrogens is 613 g/mol. The van der Waals surface area contributed by atoms with Crippen LogP contribution in [0.3, 0.4) is 0 Å². The van der Waals surface area contributed by atoms with E-state index in [0.29, 0.717) is 29.2 Å². The number of fused-ring (bicyclic) bond motifs is 1. The minimum absolute atomic E-state index is 0.00819. The van der Waals surface area contributed by atoms with Crippen LogP contribution in [-0.2, 0) is 25.9 Å². The molecule has 2 amide bonds. The molecule has 4 rings (SSSR count). The Morgan fingerprint density at radius 1 is 1.00 bits per heavy atom. The summed E-state index contributed by atoms with van der Waals surface area (Å²) in [6.07, 6.45) is 0.864. The van der Waals surface area contributed by atoms with Crippen LogP contribution in [0.5, 0.6) is 5.75 Å². The molecule has 5 N–H and O–H groups in total. The number of nitrogens with two attached hydrogens (primary N) is 1. The Kier molecular flexibility index (Phi) is 11.0. The Morgan fingerprint density at radius 2 is 1.76 bits per heavy atom. The Labute approximate surface area is 267 Å². The smallest absolute Gasteiger partial charge is 0.411 e. The third-order valence-corrected chi connectivity index (χ3v) is 8.81.